The van der Waals surface area contributed by atoms with Crippen LogP contribution in [0, 0.1) is 0 Å². The second-order valence-electron chi connectivity index (χ2n) is 2.09. The lowest BCUT2D eigenvalue weighted by Gasteiger charge is -2.00. The van der Waals surface area contributed by atoms with Gasteiger partial charge in [-0.1, -0.05) is 0 Å². The van der Waals surface area contributed by atoms with E-state index >= 15 is 0 Å². The molecule has 0 rings (SSSR count). The fraction of sp³-hybridized carbons (Fsp3) is 0.333. The SMILES string of the molecule is O=C(C=S(=O)=O)OCCOC(=O)C=S(=O)=O. The summed E-state index contributed by atoms with van der Waals surface area (Å²) >= 11 is 0. The molecule has 0 aromatic rings. The van der Waals surface area contributed by atoms with Crippen LogP contribution >= 0.6 is 0 Å². The molecule has 0 aliphatic carbocycles. The summed E-state index contributed by atoms with van der Waals surface area (Å²) in [6, 6.07) is 0. The van der Waals surface area contributed by atoms with E-state index in [1.165, 1.54) is 0 Å². The van der Waals surface area contributed by atoms with Crippen molar-refractivity contribution in [1.82, 2.24) is 0 Å². The van der Waals surface area contributed by atoms with Crippen LogP contribution < -0.4 is 0 Å². The van der Waals surface area contributed by atoms with Gasteiger partial charge in [-0.05, 0) is 0 Å². The van der Waals surface area contributed by atoms with Crippen LogP contribution in [-0.4, -0.2) is 52.7 Å². The second kappa shape index (κ2) is 7.59. The molecular weight excluding hydrogens is 264 g/mol. The molecule has 0 saturated heterocycles. The molecule has 0 amide bonds. The van der Waals surface area contributed by atoms with Gasteiger partial charge in [-0.2, -0.15) is 16.8 Å². The minimum atomic E-state index is -2.66. The Kier molecular flexibility index (Phi) is 6.79. The third kappa shape index (κ3) is 8.90. The summed E-state index contributed by atoms with van der Waals surface area (Å²) in [5.41, 5.74) is 0. The molecule has 8 nitrogen and oxygen atoms in total. The zero-order valence-corrected chi connectivity index (χ0v) is 9.28. The van der Waals surface area contributed by atoms with Gasteiger partial charge in [0, 0.05) is 0 Å². The number of carbonyl (C=O) groups excluding carboxylic acids is 2. The van der Waals surface area contributed by atoms with Gasteiger partial charge in [0.2, 0.25) is 20.6 Å². The van der Waals surface area contributed by atoms with Crippen molar-refractivity contribution in [3.05, 3.63) is 0 Å². The topological polar surface area (TPSA) is 121 Å². The molecule has 0 aromatic heterocycles. The molecule has 0 N–H and O–H groups in total. The van der Waals surface area contributed by atoms with Gasteiger partial charge in [0.15, 0.2) is 0 Å². The zero-order valence-electron chi connectivity index (χ0n) is 7.65. The maximum Gasteiger partial charge on any atom is 0.346 e. The first-order chi connectivity index (χ1) is 7.41. The van der Waals surface area contributed by atoms with Gasteiger partial charge < -0.3 is 9.47 Å². The van der Waals surface area contributed by atoms with Crippen molar-refractivity contribution in [2.45, 2.75) is 0 Å². The van der Waals surface area contributed by atoms with Crippen molar-refractivity contribution in [3.63, 3.8) is 0 Å². The molecule has 0 bridgehead atoms. The number of carbonyl (C=O) groups is 2. The Hall–Kier alpha value is -1.68. The smallest absolute Gasteiger partial charge is 0.346 e. The zero-order chi connectivity index (χ0) is 12.6. The van der Waals surface area contributed by atoms with Crippen LogP contribution in [-0.2, 0) is 39.6 Å². The van der Waals surface area contributed by atoms with Crippen LogP contribution in [0.15, 0.2) is 0 Å². The highest BCUT2D eigenvalue weighted by Crippen LogP contribution is 1.79. The first-order valence-corrected chi connectivity index (χ1v) is 5.89. The van der Waals surface area contributed by atoms with Gasteiger partial charge in [-0.15, -0.1) is 0 Å². The Morgan fingerprint density at radius 1 is 0.812 bits per heavy atom. The largest absolute Gasteiger partial charge is 0.458 e. The number of esters is 2. The molecule has 0 unspecified atom stereocenters. The molecule has 90 valence electrons. The summed E-state index contributed by atoms with van der Waals surface area (Å²) in [4.78, 5) is 21.1. The van der Waals surface area contributed by atoms with E-state index in [-0.39, 0.29) is 13.2 Å². The third-order valence-corrected chi connectivity index (χ3v) is 1.73. The van der Waals surface area contributed by atoms with Crippen molar-refractivity contribution in [1.29, 1.82) is 0 Å². The highest BCUT2D eigenvalue weighted by Gasteiger charge is 2.01. The second-order valence-corrected chi connectivity index (χ2v) is 3.61. The predicted molar refractivity (Wildman–Crippen MR) is 51.9 cm³/mol. The Labute approximate surface area is 92.8 Å². The van der Waals surface area contributed by atoms with Crippen LogP contribution in [0.1, 0.15) is 0 Å². The fourth-order valence-corrected chi connectivity index (χ4v) is 0.960. The first kappa shape index (κ1) is 14.3. The molecule has 0 spiro atoms. The lowest BCUT2D eigenvalue weighted by Crippen LogP contribution is -2.15. The Balaban J connectivity index is 3.86. The number of hydrogen-bond acceptors (Lipinski definition) is 8. The van der Waals surface area contributed by atoms with Crippen molar-refractivity contribution in [3.8, 4) is 0 Å². The molecule has 16 heavy (non-hydrogen) atoms. The molecule has 0 aliphatic rings. The molecule has 0 fully saturated rings. The number of hydrogen-bond donors (Lipinski definition) is 0. The predicted octanol–water partition coefficient (Wildman–Crippen LogP) is -2.56. The van der Waals surface area contributed by atoms with Gasteiger partial charge in [-0.3, -0.25) is 0 Å². The van der Waals surface area contributed by atoms with Crippen molar-refractivity contribution in [2.24, 2.45) is 0 Å². The van der Waals surface area contributed by atoms with Gasteiger partial charge in [0.1, 0.15) is 23.9 Å². The summed E-state index contributed by atoms with van der Waals surface area (Å²) in [6.07, 6.45) is 0. The van der Waals surface area contributed by atoms with Gasteiger partial charge in [0.25, 0.3) is 0 Å². The van der Waals surface area contributed by atoms with Crippen molar-refractivity contribution >= 4 is 43.3 Å². The molecule has 10 heteroatoms. The average Bonchev–Trinajstić information content (AvgIpc) is 2.10. The summed E-state index contributed by atoms with van der Waals surface area (Å²) in [5, 5.41) is 0.585. The van der Waals surface area contributed by atoms with Crippen LogP contribution in [0.25, 0.3) is 0 Å². The molecular formula is C6H6O8S2. The van der Waals surface area contributed by atoms with E-state index in [4.69, 9.17) is 0 Å². The molecule has 0 radical (unpaired) electrons. The van der Waals surface area contributed by atoms with Gasteiger partial charge in [0.05, 0.1) is 0 Å². The minimum absolute atomic E-state index is 0.292. The van der Waals surface area contributed by atoms with E-state index in [9.17, 15) is 26.4 Å². The van der Waals surface area contributed by atoms with Gasteiger partial charge in [-0.25, -0.2) is 9.59 Å². The highest BCUT2D eigenvalue weighted by molar-refractivity contribution is 7.73. The quantitative estimate of drug-likeness (QED) is 0.304. The maximum absolute atomic E-state index is 10.6. The average molecular weight is 270 g/mol. The van der Waals surface area contributed by atoms with Crippen LogP contribution in [0.2, 0.25) is 0 Å². The first-order valence-electron chi connectivity index (χ1n) is 3.61. The molecule has 0 aromatic carbocycles. The molecule has 0 saturated carbocycles. The van der Waals surface area contributed by atoms with Crippen LogP contribution in [0.5, 0.6) is 0 Å². The van der Waals surface area contributed by atoms with Gasteiger partial charge >= 0.3 is 11.9 Å². The fourth-order valence-electron chi connectivity index (χ4n) is 0.510. The van der Waals surface area contributed by atoms with E-state index in [0.717, 1.165) is 0 Å². The lowest BCUT2D eigenvalue weighted by molar-refractivity contribution is -0.142. The van der Waals surface area contributed by atoms with Crippen molar-refractivity contribution < 1.29 is 35.9 Å². The van der Waals surface area contributed by atoms with Crippen LogP contribution in [0.3, 0.4) is 0 Å². The van der Waals surface area contributed by atoms with E-state index in [1.807, 2.05) is 0 Å². The Morgan fingerprint density at radius 3 is 1.38 bits per heavy atom. The van der Waals surface area contributed by atoms with E-state index < -0.39 is 32.5 Å². The number of rotatable bonds is 5. The monoisotopic (exact) mass is 270 g/mol. The summed E-state index contributed by atoms with van der Waals surface area (Å²) in [6.45, 7) is -0.755. The Morgan fingerprint density at radius 2 is 1.12 bits per heavy atom. The summed E-state index contributed by atoms with van der Waals surface area (Å²) < 4.78 is 48.4. The molecule has 0 atom stereocenters. The lowest BCUT2D eigenvalue weighted by atomic mass is 10.7. The molecule has 0 heterocycles. The minimum Gasteiger partial charge on any atom is -0.458 e. The summed E-state index contributed by atoms with van der Waals surface area (Å²) in [5.74, 6) is -2.22. The van der Waals surface area contributed by atoms with E-state index in [2.05, 4.69) is 9.47 Å². The van der Waals surface area contributed by atoms with Crippen LogP contribution in [0.4, 0.5) is 0 Å². The highest BCUT2D eigenvalue weighted by atomic mass is 32.2. The Bertz CT molecular complexity index is 457. The summed E-state index contributed by atoms with van der Waals surface area (Å²) in [7, 11) is -5.33. The third-order valence-electron chi connectivity index (χ3n) is 0.957. The number of ether oxygens (including phenoxy) is 2. The van der Waals surface area contributed by atoms with E-state index in [0.29, 0.717) is 10.7 Å². The van der Waals surface area contributed by atoms with E-state index in [1.54, 1.807) is 0 Å². The molecule has 0 aliphatic heterocycles. The normalized spacial score (nSPS) is 8.75. The maximum atomic E-state index is 10.6. The van der Waals surface area contributed by atoms with Crippen molar-refractivity contribution in [2.75, 3.05) is 13.2 Å². The standard InChI is InChI=1S/C6H6O8S2/c7-5(3-15(9)10)13-1-2-14-6(8)4-16(11)12/h3-4H,1-2H2.